The molecule has 2 N–H and O–H groups in total. The summed E-state index contributed by atoms with van der Waals surface area (Å²) in [6.45, 7) is 3.07. The Balaban J connectivity index is 1.92. The molecule has 1 aromatic rings. The predicted octanol–water partition coefficient (Wildman–Crippen LogP) is -0.0273. The minimum Gasteiger partial charge on any atom is -0.423 e. The summed E-state index contributed by atoms with van der Waals surface area (Å²) in [5.74, 6) is -0.0718. The number of hydrogen-bond acceptors (Lipinski definition) is 5. The molecule has 0 aromatic heterocycles. The highest BCUT2D eigenvalue weighted by Crippen LogP contribution is 2.32. The lowest BCUT2D eigenvalue weighted by atomic mass is 10.1. The Morgan fingerprint density at radius 3 is 3.00 bits per heavy atom. The van der Waals surface area contributed by atoms with Gasteiger partial charge in [-0.3, -0.25) is 9.59 Å². The Labute approximate surface area is 128 Å². The van der Waals surface area contributed by atoms with Crippen molar-refractivity contribution in [1.29, 1.82) is 0 Å². The molecule has 1 aliphatic rings. The van der Waals surface area contributed by atoms with Gasteiger partial charge in [-0.15, -0.1) is 0 Å². The van der Waals surface area contributed by atoms with E-state index in [0.29, 0.717) is 31.7 Å². The van der Waals surface area contributed by atoms with E-state index in [9.17, 15) is 14.4 Å². The van der Waals surface area contributed by atoms with E-state index in [-0.39, 0.29) is 25.0 Å². The van der Waals surface area contributed by atoms with E-state index < -0.39 is 0 Å². The first-order chi connectivity index (χ1) is 10.6. The highest BCUT2D eigenvalue weighted by Gasteiger charge is 2.25. The van der Waals surface area contributed by atoms with E-state index >= 15 is 0 Å². The molecule has 0 saturated carbocycles. The van der Waals surface area contributed by atoms with Gasteiger partial charge in [0.15, 0.2) is 5.75 Å². The summed E-state index contributed by atoms with van der Waals surface area (Å²) in [4.78, 5) is 35.3. The lowest BCUT2D eigenvalue weighted by Crippen LogP contribution is -2.43. The van der Waals surface area contributed by atoms with Crippen molar-refractivity contribution in [3.8, 4) is 5.75 Å². The van der Waals surface area contributed by atoms with Gasteiger partial charge in [0.05, 0.1) is 12.2 Å². The molecule has 0 fully saturated rings. The second kappa shape index (κ2) is 7.44. The SMILES string of the molecule is Cc1ccc2c(c1)N(CC(=O)NCCCNC=O)CC(=O)O2. The van der Waals surface area contributed by atoms with Crippen LogP contribution in [0.5, 0.6) is 5.75 Å². The van der Waals surface area contributed by atoms with Crippen molar-refractivity contribution < 1.29 is 19.1 Å². The molecule has 0 bridgehead atoms. The molecular weight excluding hydrogens is 286 g/mol. The topological polar surface area (TPSA) is 87.7 Å². The molecule has 1 aromatic carbocycles. The second-order valence-corrected chi connectivity index (χ2v) is 5.08. The number of anilines is 1. The number of rotatable bonds is 7. The molecule has 1 heterocycles. The minimum absolute atomic E-state index is 0.0522. The summed E-state index contributed by atoms with van der Waals surface area (Å²) in [5, 5.41) is 5.29. The number of carbonyl (C=O) groups is 3. The Hall–Kier alpha value is -2.57. The van der Waals surface area contributed by atoms with Crippen LogP contribution in [0.1, 0.15) is 12.0 Å². The first-order valence-corrected chi connectivity index (χ1v) is 7.10. The summed E-state index contributed by atoms with van der Waals surface area (Å²) in [6.07, 6.45) is 1.28. The van der Waals surface area contributed by atoms with Gasteiger partial charge < -0.3 is 20.3 Å². The van der Waals surface area contributed by atoms with Gasteiger partial charge in [-0.05, 0) is 31.0 Å². The van der Waals surface area contributed by atoms with Crippen LogP contribution in [0.2, 0.25) is 0 Å². The number of esters is 1. The molecule has 0 spiro atoms. The Morgan fingerprint density at radius 1 is 1.41 bits per heavy atom. The maximum absolute atomic E-state index is 12.0. The summed E-state index contributed by atoms with van der Waals surface area (Å²) < 4.78 is 5.17. The highest BCUT2D eigenvalue weighted by molar-refractivity contribution is 5.89. The summed E-state index contributed by atoms with van der Waals surface area (Å²) in [6, 6.07) is 5.48. The quantitative estimate of drug-likeness (QED) is 0.320. The number of aryl methyl sites for hydroxylation is 1. The largest absolute Gasteiger partial charge is 0.423 e. The lowest BCUT2D eigenvalue weighted by molar-refractivity contribution is -0.133. The van der Waals surface area contributed by atoms with Crippen LogP contribution in [0.4, 0.5) is 5.69 Å². The fourth-order valence-corrected chi connectivity index (χ4v) is 2.20. The standard InChI is InChI=1S/C15H19N3O4/c1-11-3-4-13-12(7-11)18(9-15(21)22-13)8-14(20)17-6-2-5-16-10-19/h3-4,7,10H,2,5-6,8-9H2,1H3,(H,16,19)(H,17,20). The first-order valence-electron chi connectivity index (χ1n) is 7.10. The van der Waals surface area contributed by atoms with E-state index in [1.165, 1.54) is 0 Å². The molecule has 22 heavy (non-hydrogen) atoms. The van der Waals surface area contributed by atoms with Gasteiger partial charge in [0.25, 0.3) is 0 Å². The minimum atomic E-state index is -0.376. The number of fused-ring (bicyclic) bond motifs is 1. The van der Waals surface area contributed by atoms with E-state index in [1.807, 2.05) is 19.1 Å². The fourth-order valence-electron chi connectivity index (χ4n) is 2.20. The van der Waals surface area contributed by atoms with Crippen molar-refractivity contribution in [2.45, 2.75) is 13.3 Å². The summed E-state index contributed by atoms with van der Waals surface area (Å²) in [5.41, 5.74) is 1.78. The van der Waals surface area contributed by atoms with Gasteiger partial charge in [0.2, 0.25) is 12.3 Å². The molecule has 0 aliphatic carbocycles. The van der Waals surface area contributed by atoms with Crippen LogP contribution < -0.4 is 20.3 Å². The Morgan fingerprint density at radius 2 is 2.23 bits per heavy atom. The van der Waals surface area contributed by atoms with Crippen LogP contribution in [0, 0.1) is 6.92 Å². The van der Waals surface area contributed by atoms with Crippen molar-refractivity contribution in [3.63, 3.8) is 0 Å². The number of nitrogens with one attached hydrogen (secondary N) is 2. The van der Waals surface area contributed by atoms with E-state index in [0.717, 1.165) is 11.3 Å². The Bertz CT molecular complexity index is 574. The lowest BCUT2D eigenvalue weighted by Gasteiger charge is -2.29. The van der Waals surface area contributed by atoms with Crippen molar-refractivity contribution in [1.82, 2.24) is 10.6 Å². The fraction of sp³-hybridized carbons (Fsp3) is 0.400. The zero-order chi connectivity index (χ0) is 15.9. The van der Waals surface area contributed by atoms with Crippen LogP contribution in [0.25, 0.3) is 0 Å². The smallest absolute Gasteiger partial charge is 0.331 e. The summed E-state index contributed by atoms with van der Waals surface area (Å²) >= 11 is 0. The van der Waals surface area contributed by atoms with Crippen LogP contribution in [-0.2, 0) is 14.4 Å². The molecule has 7 nitrogen and oxygen atoms in total. The average Bonchev–Trinajstić information content (AvgIpc) is 2.47. The Kier molecular flexibility index (Phi) is 5.35. The highest BCUT2D eigenvalue weighted by atomic mass is 16.5. The monoisotopic (exact) mass is 305 g/mol. The van der Waals surface area contributed by atoms with Gasteiger partial charge in [-0.1, -0.05) is 6.07 Å². The molecule has 1 aliphatic heterocycles. The van der Waals surface area contributed by atoms with Crippen molar-refractivity contribution in [2.24, 2.45) is 0 Å². The zero-order valence-corrected chi connectivity index (χ0v) is 12.4. The molecule has 0 atom stereocenters. The molecular formula is C15H19N3O4. The second-order valence-electron chi connectivity index (χ2n) is 5.08. The van der Waals surface area contributed by atoms with Crippen molar-refractivity contribution in [2.75, 3.05) is 31.1 Å². The average molecular weight is 305 g/mol. The molecule has 0 saturated heterocycles. The third kappa shape index (κ3) is 4.21. The van der Waals surface area contributed by atoms with Crippen LogP contribution in [-0.4, -0.2) is 44.5 Å². The number of hydrogen-bond donors (Lipinski definition) is 2. The van der Waals surface area contributed by atoms with Gasteiger partial charge in [-0.2, -0.15) is 0 Å². The predicted molar refractivity (Wildman–Crippen MR) is 80.7 cm³/mol. The van der Waals surface area contributed by atoms with Crippen LogP contribution in [0.15, 0.2) is 18.2 Å². The molecule has 0 unspecified atom stereocenters. The zero-order valence-electron chi connectivity index (χ0n) is 12.4. The van der Waals surface area contributed by atoms with E-state index in [2.05, 4.69) is 10.6 Å². The van der Waals surface area contributed by atoms with Crippen molar-refractivity contribution in [3.05, 3.63) is 23.8 Å². The first kappa shape index (κ1) is 15.8. The molecule has 118 valence electrons. The molecule has 2 rings (SSSR count). The molecule has 2 amide bonds. The van der Waals surface area contributed by atoms with E-state index in [1.54, 1.807) is 11.0 Å². The number of benzene rings is 1. The summed E-state index contributed by atoms with van der Waals surface area (Å²) in [7, 11) is 0. The van der Waals surface area contributed by atoms with Crippen molar-refractivity contribution >= 4 is 24.0 Å². The normalized spacial score (nSPS) is 13.1. The number of amides is 2. The third-order valence-corrected chi connectivity index (χ3v) is 3.24. The third-order valence-electron chi connectivity index (χ3n) is 3.24. The van der Waals surface area contributed by atoms with Gasteiger partial charge in [0.1, 0.15) is 6.54 Å². The van der Waals surface area contributed by atoms with Gasteiger partial charge >= 0.3 is 5.97 Å². The van der Waals surface area contributed by atoms with Gasteiger partial charge in [0, 0.05) is 13.1 Å². The maximum Gasteiger partial charge on any atom is 0.331 e. The number of carbonyl (C=O) groups excluding carboxylic acids is 3. The van der Waals surface area contributed by atoms with Gasteiger partial charge in [-0.25, -0.2) is 4.79 Å². The maximum atomic E-state index is 12.0. The number of nitrogens with zero attached hydrogens (tertiary/aromatic N) is 1. The van der Waals surface area contributed by atoms with Crippen LogP contribution in [0.3, 0.4) is 0 Å². The van der Waals surface area contributed by atoms with E-state index in [4.69, 9.17) is 4.74 Å². The molecule has 7 heteroatoms. The molecule has 0 radical (unpaired) electrons. The number of ether oxygens (including phenoxy) is 1. The van der Waals surface area contributed by atoms with Crippen LogP contribution >= 0.6 is 0 Å².